The van der Waals surface area contributed by atoms with E-state index in [0.29, 0.717) is 10.1 Å². The number of aliphatic carboxylic acids is 1. The van der Waals surface area contributed by atoms with E-state index in [-0.39, 0.29) is 6.42 Å². The molecule has 0 saturated carbocycles. The number of aromatic nitrogens is 1. The highest BCUT2D eigenvalue weighted by Crippen LogP contribution is 2.23. The van der Waals surface area contributed by atoms with Gasteiger partial charge in [-0.25, -0.2) is 0 Å². The molecule has 0 aliphatic rings. The molecule has 0 saturated heterocycles. The predicted octanol–water partition coefficient (Wildman–Crippen LogP) is 4.45. The summed E-state index contributed by atoms with van der Waals surface area (Å²) in [6.45, 7) is 0. The maximum Gasteiger partial charge on any atom is 0.305 e. The molecule has 3 aromatic rings. The molecule has 1 heterocycles. The average molecular weight is 392 g/mol. The number of anilines is 1. The Bertz CT molecular complexity index is 912. The van der Waals surface area contributed by atoms with Crippen LogP contribution >= 0.6 is 35.4 Å². The van der Waals surface area contributed by atoms with Crippen LogP contribution in [0.2, 0.25) is 5.02 Å². The lowest BCUT2D eigenvalue weighted by Crippen LogP contribution is -2.33. The molecule has 5 nitrogen and oxygen atoms in total. The molecule has 0 aliphatic carbocycles. The Morgan fingerprint density at radius 3 is 2.76 bits per heavy atom. The summed E-state index contributed by atoms with van der Waals surface area (Å²) < 4.78 is 5.23. The van der Waals surface area contributed by atoms with Gasteiger partial charge >= 0.3 is 5.97 Å². The Morgan fingerprint density at radius 1 is 1.28 bits per heavy atom. The molecule has 0 unspecified atom stereocenters. The van der Waals surface area contributed by atoms with Crippen molar-refractivity contribution in [2.75, 3.05) is 5.32 Å². The number of carbonyl (C=O) groups is 1. The lowest BCUT2D eigenvalue weighted by molar-refractivity contribution is -0.137. The number of hydrogen-bond acceptors (Lipinski definition) is 4. The normalized spacial score (nSPS) is 11.9. The van der Waals surface area contributed by atoms with Crippen molar-refractivity contribution in [3.63, 3.8) is 0 Å². The number of nitrogens with zero attached hydrogens (tertiary/aromatic N) is 1. The second kappa shape index (κ2) is 7.77. The van der Waals surface area contributed by atoms with Gasteiger partial charge in [-0.1, -0.05) is 23.7 Å². The van der Waals surface area contributed by atoms with Gasteiger partial charge in [0.1, 0.15) is 0 Å². The molecular formula is C17H14ClN3O2S2. The van der Waals surface area contributed by atoms with E-state index in [1.54, 1.807) is 30.5 Å². The molecule has 0 spiro atoms. The van der Waals surface area contributed by atoms with Crippen LogP contribution in [0.5, 0.6) is 0 Å². The van der Waals surface area contributed by atoms with Crippen LogP contribution in [0.3, 0.4) is 0 Å². The zero-order chi connectivity index (χ0) is 17.8. The minimum absolute atomic E-state index is 0.100. The van der Waals surface area contributed by atoms with Gasteiger partial charge in [-0.15, -0.1) is 0 Å². The van der Waals surface area contributed by atoms with E-state index >= 15 is 0 Å². The van der Waals surface area contributed by atoms with Crippen LogP contribution in [0.1, 0.15) is 18.0 Å². The second-order valence-corrected chi connectivity index (χ2v) is 7.06. The number of halogens is 1. The fraction of sp³-hybridized carbons (Fsp3) is 0.118. The summed E-state index contributed by atoms with van der Waals surface area (Å²) >= 11 is 12.7. The molecule has 0 fully saturated rings. The second-order valence-electron chi connectivity index (χ2n) is 5.38. The summed E-state index contributed by atoms with van der Waals surface area (Å²) in [6, 6.07) is 12.4. The van der Waals surface area contributed by atoms with Crippen LogP contribution in [0.4, 0.5) is 5.69 Å². The van der Waals surface area contributed by atoms with Crippen LogP contribution in [0.15, 0.2) is 48.7 Å². The lowest BCUT2D eigenvalue weighted by Gasteiger charge is -2.20. The molecule has 1 aromatic heterocycles. The summed E-state index contributed by atoms with van der Waals surface area (Å²) in [5.74, 6) is -0.916. The van der Waals surface area contributed by atoms with E-state index in [9.17, 15) is 4.79 Å². The number of nitrogens with one attached hydrogen (secondary N) is 2. The highest BCUT2D eigenvalue weighted by molar-refractivity contribution is 7.80. The Morgan fingerprint density at radius 2 is 2.04 bits per heavy atom. The zero-order valence-corrected chi connectivity index (χ0v) is 15.3. The Balaban J connectivity index is 1.72. The topological polar surface area (TPSA) is 74.2 Å². The summed E-state index contributed by atoms with van der Waals surface area (Å²) in [5, 5.41) is 17.3. The van der Waals surface area contributed by atoms with Gasteiger partial charge in [0, 0.05) is 22.3 Å². The molecular weight excluding hydrogens is 378 g/mol. The van der Waals surface area contributed by atoms with E-state index in [1.807, 2.05) is 18.2 Å². The summed E-state index contributed by atoms with van der Waals surface area (Å²) in [4.78, 5) is 11.2. The van der Waals surface area contributed by atoms with Gasteiger partial charge < -0.3 is 15.7 Å². The average Bonchev–Trinajstić information content (AvgIpc) is 3.02. The van der Waals surface area contributed by atoms with Crippen molar-refractivity contribution in [1.29, 1.82) is 0 Å². The van der Waals surface area contributed by atoms with E-state index in [0.717, 1.165) is 21.3 Å². The first-order valence-electron chi connectivity index (χ1n) is 7.40. The SMILES string of the molecule is O=C(O)C[C@@H](NC(=S)Nc1ccc2sncc2c1)c1ccc(Cl)cc1. The number of carboxylic acids is 1. The van der Waals surface area contributed by atoms with Crippen molar-refractivity contribution in [3.05, 3.63) is 59.2 Å². The maximum atomic E-state index is 11.2. The molecule has 128 valence electrons. The van der Waals surface area contributed by atoms with Crippen molar-refractivity contribution >= 4 is 62.2 Å². The third-order valence-corrected chi connectivity index (χ3v) is 4.82. The van der Waals surface area contributed by atoms with Gasteiger partial charge in [0.05, 0.1) is 17.2 Å². The highest BCUT2D eigenvalue weighted by atomic mass is 35.5. The van der Waals surface area contributed by atoms with Gasteiger partial charge in [-0.3, -0.25) is 4.79 Å². The largest absolute Gasteiger partial charge is 0.481 e. The molecule has 1 atom stereocenters. The minimum Gasteiger partial charge on any atom is -0.481 e. The molecule has 8 heteroatoms. The summed E-state index contributed by atoms with van der Waals surface area (Å²) in [6.07, 6.45) is 1.69. The van der Waals surface area contributed by atoms with E-state index in [4.69, 9.17) is 28.9 Å². The van der Waals surface area contributed by atoms with E-state index in [1.165, 1.54) is 11.5 Å². The molecule has 0 aliphatic heterocycles. The van der Waals surface area contributed by atoms with Gasteiger partial charge in [0.25, 0.3) is 0 Å². The van der Waals surface area contributed by atoms with Gasteiger partial charge in [0.2, 0.25) is 0 Å². The first-order chi connectivity index (χ1) is 12.0. The van der Waals surface area contributed by atoms with Crippen LogP contribution in [0.25, 0.3) is 10.1 Å². The van der Waals surface area contributed by atoms with Gasteiger partial charge in [-0.05, 0) is 59.6 Å². The highest BCUT2D eigenvalue weighted by Gasteiger charge is 2.17. The molecule has 0 bridgehead atoms. The molecule has 3 rings (SSSR count). The smallest absolute Gasteiger partial charge is 0.305 e. The summed E-state index contributed by atoms with van der Waals surface area (Å²) in [5.41, 5.74) is 1.61. The maximum absolute atomic E-state index is 11.2. The Labute approximate surface area is 158 Å². The molecule has 0 amide bonds. The Hall–Kier alpha value is -2.22. The summed E-state index contributed by atoms with van der Waals surface area (Å²) in [7, 11) is 0. The molecule has 3 N–H and O–H groups in total. The van der Waals surface area contributed by atoms with Crippen LogP contribution in [0, 0.1) is 0 Å². The van der Waals surface area contributed by atoms with Crippen molar-refractivity contribution in [3.8, 4) is 0 Å². The van der Waals surface area contributed by atoms with E-state index in [2.05, 4.69) is 15.0 Å². The third kappa shape index (κ3) is 4.66. The van der Waals surface area contributed by atoms with Gasteiger partial charge in [0.15, 0.2) is 5.11 Å². The first-order valence-corrected chi connectivity index (χ1v) is 8.96. The predicted molar refractivity (Wildman–Crippen MR) is 105 cm³/mol. The fourth-order valence-corrected chi connectivity index (χ4v) is 3.41. The monoisotopic (exact) mass is 391 g/mol. The zero-order valence-electron chi connectivity index (χ0n) is 12.9. The number of carboxylic acid groups (broad SMARTS) is 1. The van der Waals surface area contributed by atoms with Crippen molar-refractivity contribution < 1.29 is 9.90 Å². The number of benzene rings is 2. The number of rotatable bonds is 5. The standard InChI is InChI=1S/C17H14ClN3O2S2/c18-12-3-1-10(2-4-12)14(8-16(22)23)21-17(24)20-13-5-6-15-11(7-13)9-19-25-15/h1-7,9,14H,8H2,(H,22,23)(H2,20,21,24)/t14-/m1/s1. The lowest BCUT2D eigenvalue weighted by atomic mass is 10.0. The van der Waals surface area contributed by atoms with Crippen molar-refractivity contribution in [2.24, 2.45) is 0 Å². The van der Waals surface area contributed by atoms with Crippen molar-refractivity contribution in [2.45, 2.75) is 12.5 Å². The van der Waals surface area contributed by atoms with Crippen molar-refractivity contribution in [1.82, 2.24) is 9.69 Å². The molecule has 2 aromatic carbocycles. The van der Waals surface area contributed by atoms with Gasteiger partial charge in [-0.2, -0.15) is 4.37 Å². The first kappa shape index (κ1) is 17.6. The van der Waals surface area contributed by atoms with Crippen LogP contribution in [-0.2, 0) is 4.79 Å². The number of thiocarbonyl (C=S) groups is 1. The minimum atomic E-state index is -0.916. The quantitative estimate of drug-likeness (QED) is 0.558. The fourth-order valence-electron chi connectivity index (χ4n) is 2.40. The molecule has 25 heavy (non-hydrogen) atoms. The van der Waals surface area contributed by atoms with Crippen LogP contribution in [-0.4, -0.2) is 20.6 Å². The molecule has 0 radical (unpaired) electrons. The van der Waals surface area contributed by atoms with E-state index < -0.39 is 12.0 Å². The number of hydrogen-bond donors (Lipinski definition) is 3. The number of fused-ring (bicyclic) bond motifs is 1. The van der Waals surface area contributed by atoms with Crippen LogP contribution < -0.4 is 10.6 Å². The Kier molecular flexibility index (Phi) is 5.47. The third-order valence-electron chi connectivity index (χ3n) is 3.57.